The molecular formula is C18H22O5. The SMILES string of the molecule is CCOC(=O)Oc1ccccc1C1CC=CCC1C(=O)OCC. The summed E-state index contributed by atoms with van der Waals surface area (Å²) in [7, 11) is 0. The van der Waals surface area contributed by atoms with Gasteiger partial charge in [-0.05, 0) is 38.3 Å². The highest BCUT2D eigenvalue weighted by Gasteiger charge is 2.33. The van der Waals surface area contributed by atoms with Crippen molar-refractivity contribution in [3.05, 3.63) is 42.0 Å². The normalized spacial score (nSPS) is 19.9. The summed E-state index contributed by atoms with van der Waals surface area (Å²) in [5, 5.41) is 0. The Morgan fingerprint density at radius 3 is 2.48 bits per heavy atom. The number of para-hydroxylation sites is 1. The fourth-order valence-corrected chi connectivity index (χ4v) is 2.78. The fourth-order valence-electron chi connectivity index (χ4n) is 2.78. The van der Waals surface area contributed by atoms with Gasteiger partial charge in [0.05, 0.1) is 19.1 Å². The largest absolute Gasteiger partial charge is 0.513 e. The van der Waals surface area contributed by atoms with Crippen molar-refractivity contribution in [1.29, 1.82) is 0 Å². The van der Waals surface area contributed by atoms with Crippen LogP contribution in [-0.2, 0) is 14.3 Å². The first-order valence-electron chi connectivity index (χ1n) is 7.92. The third-order valence-electron chi connectivity index (χ3n) is 3.80. The van der Waals surface area contributed by atoms with Gasteiger partial charge < -0.3 is 14.2 Å². The maximum atomic E-state index is 12.2. The van der Waals surface area contributed by atoms with Crippen LogP contribution in [0.2, 0.25) is 0 Å². The Morgan fingerprint density at radius 2 is 1.74 bits per heavy atom. The molecule has 1 aromatic carbocycles. The van der Waals surface area contributed by atoms with Crippen molar-refractivity contribution >= 4 is 12.1 Å². The number of benzene rings is 1. The zero-order valence-corrected chi connectivity index (χ0v) is 13.5. The van der Waals surface area contributed by atoms with Crippen LogP contribution in [0.1, 0.15) is 38.2 Å². The van der Waals surface area contributed by atoms with Gasteiger partial charge in [-0.3, -0.25) is 4.79 Å². The number of hydrogen-bond acceptors (Lipinski definition) is 5. The molecule has 0 amide bonds. The van der Waals surface area contributed by atoms with Gasteiger partial charge in [-0.25, -0.2) is 4.79 Å². The number of carbonyl (C=O) groups excluding carboxylic acids is 2. The monoisotopic (exact) mass is 318 g/mol. The van der Waals surface area contributed by atoms with E-state index in [1.165, 1.54) is 0 Å². The molecule has 0 fully saturated rings. The van der Waals surface area contributed by atoms with E-state index in [4.69, 9.17) is 14.2 Å². The molecule has 1 aliphatic carbocycles. The Labute approximate surface area is 136 Å². The van der Waals surface area contributed by atoms with E-state index in [0.29, 0.717) is 25.2 Å². The third kappa shape index (κ3) is 4.34. The summed E-state index contributed by atoms with van der Waals surface area (Å²) >= 11 is 0. The maximum absolute atomic E-state index is 12.2. The Morgan fingerprint density at radius 1 is 1.04 bits per heavy atom. The lowest BCUT2D eigenvalue weighted by molar-refractivity contribution is -0.148. The molecule has 0 bridgehead atoms. The van der Waals surface area contributed by atoms with Gasteiger partial charge in [0.1, 0.15) is 5.75 Å². The molecule has 0 saturated heterocycles. The minimum absolute atomic E-state index is 0.0790. The summed E-state index contributed by atoms with van der Waals surface area (Å²) in [6.07, 6.45) is 4.62. The van der Waals surface area contributed by atoms with Gasteiger partial charge in [0.2, 0.25) is 0 Å². The first kappa shape index (κ1) is 17.1. The van der Waals surface area contributed by atoms with Crippen molar-refractivity contribution in [1.82, 2.24) is 0 Å². The van der Waals surface area contributed by atoms with Crippen molar-refractivity contribution < 1.29 is 23.8 Å². The Hall–Kier alpha value is -2.30. The number of allylic oxidation sites excluding steroid dienone is 2. The molecule has 2 rings (SSSR count). The Bertz CT molecular complexity index is 579. The minimum Gasteiger partial charge on any atom is -0.466 e. The summed E-state index contributed by atoms with van der Waals surface area (Å²) in [6.45, 7) is 4.12. The second-order valence-corrected chi connectivity index (χ2v) is 5.23. The van der Waals surface area contributed by atoms with E-state index < -0.39 is 6.16 Å². The van der Waals surface area contributed by atoms with E-state index >= 15 is 0 Å². The lowest BCUT2D eigenvalue weighted by atomic mass is 9.78. The molecule has 0 aromatic heterocycles. The highest BCUT2D eigenvalue weighted by molar-refractivity contribution is 5.75. The molecule has 0 radical (unpaired) electrons. The van der Waals surface area contributed by atoms with Gasteiger partial charge in [0, 0.05) is 5.92 Å². The van der Waals surface area contributed by atoms with E-state index in [2.05, 4.69) is 0 Å². The average Bonchev–Trinajstić information content (AvgIpc) is 2.56. The van der Waals surface area contributed by atoms with Gasteiger partial charge in [-0.2, -0.15) is 0 Å². The number of rotatable bonds is 5. The summed E-state index contributed by atoms with van der Waals surface area (Å²) in [6, 6.07) is 7.25. The van der Waals surface area contributed by atoms with Gasteiger partial charge >= 0.3 is 12.1 Å². The molecular weight excluding hydrogens is 296 g/mol. The van der Waals surface area contributed by atoms with E-state index in [-0.39, 0.29) is 24.4 Å². The first-order chi connectivity index (χ1) is 11.2. The third-order valence-corrected chi connectivity index (χ3v) is 3.80. The number of esters is 1. The maximum Gasteiger partial charge on any atom is 0.513 e. The molecule has 0 spiro atoms. The quantitative estimate of drug-likeness (QED) is 0.469. The van der Waals surface area contributed by atoms with Crippen molar-refractivity contribution in [2.45, 2.75) is 32.6 Å². The van der Waals surface area contributed by atoms with Crippen LogP contribution in [-0.4, -0.2) is 25.3 Å². The first-order valence-corrected chi connectivity index (χ1v) is 7.92. The average molecular weight is 318 g/mol. The standard InChI is InChI=1S/C18H22O5/c1-3-21-17(19)15-11-6-5-9-13(15)14-10-7-8-12-16(14)23-18(20)22-4-2/h5-8,10,12-13,15H,3-4,9,11H2,1-2H3. The van der Waals surface area contributed by atoms with E-state index in [1.807, 2.05) is 24.3 Å². The molecule has 0 saturated carbocycles. The van der Waals surface area contributed by atoms with Gasteiger partial charge in [-0.1, -0.05) is 30.4 Å². The molecule has 23 heavy (non-hydrogen) atoms. The predicted molar refractivity (Wildman–Crippen MR) is 85.3 cm³/mol. The van der Waals surface area contributed by atoms with Crippen LogP contribution < -0.4 is 4.74 Å². The molecule has 5 heteroatoms. The minimum atomic E-state index is -0.737. The lowest BCUT2D eigenvalue weighted by Crippen LogP contribution is -2.26. The number of ether oxygens (including phenoxy) is 3. The van der Waals surface area contributed by atoms with Gasteiger partial charge in [0.15, 0.2) is 0 Å². The van der Waals surface area contributed by atoms with Crippen LogP contribution >= 0.6 is 0 Å². The second kappa shape index (κ2) is 8.36. The van der Waals surface area contributed by atoms with E-state index in [0.717, 1.165) is 5.56 Å². The van der Waals surface area contributed by atoms with Crippen LogP contribution in [0.25, 0.3) is 0 Å². The smallest absolute Gasteiger partial charge is 0.466 e. The molecule has 0 aliphatic heterocycles. The molecule has 1 aromatic rings. The van der Waals surface area contributed by atoms with Crippen molar-refractivity contribution in [2.75, 3.05) is 13.2 Å². The van der Waals surface area contributed by atoms with E-state index in [9.17, 15) is 9.59 Å². The fraction of sp³-hybridized carbons (Fsp3) is 0.444. The Balaban J connectivity index is 2.26. The zero-order chi connectivity index (χ0) is 16.7. The van der Waals surface area contributed by atoms with Crippen LogP contribution in [0.15, 0.2) is 36.4 Å². The topological polar surface area (TPSA) is 61.8 Å². The summed E-state index contributed by atoms with van der Waals surface area (Å²) in [4.78, 5) is 23.8. The molecule has 0 heterocycles. The molecule has 2 atom stereocenters. The van der Waals surface area contributed by atoms with Crippen LogP contribution in [0.5, 0.6) is 5.75 Å². The van der Waals surface area contributed by atoms with Crippen LogP contribution in [0, 0.1) is 5.92 Å². The summed E-state index contributed by atoms with van der Waals surface area (Å²) in [5.41, 5.74) is 0.822. The summed E-state index contributed by atoms with van der Waals surface area (Å²) in [5.74, 6) is -0.134. The van der Waals surface area contributed by atoms with Crippen molar-refractivity contribution in [3.63, 3.8) is 0 Å². The highest BCUT2D eigenvalue weighted by atomic mass is 16.7. The molecule has 2 unspecified atom stereocenters. The van der Waals surface area contributed by atoms with Crippen LogP contribution in [0.4, 0.5) is 4.79 Å². The Kier molecular flexibility index (Phi) is 6.20. The molecule has 124 valence electrons. The highest BCUT2D eigenvalue weighted by Crippen LogP contribution is 2.39. The number of carbonyl (C=O) groups is 2. The predicted octanol–water partition coefficient (Wildman–Crippen LogP) is 3.83. The molecule has 5 nitrogen and oxygen atoms in total. The number of hydrogen-bond donors (Lipinski definition) is 0. The van der Waals surface area contributed by atoms with Crippen molar-refractivity contribution in [3.8, 4) is 5.75 Å². The summed E-state index contributed by atoms with van der Waals surface area (Å²) < 4.78 is 15.3. The van der Waals surface area contributed by atoms with E-state index in [1.54, 1.807) is 26.0 Å². The van der Waals surface area contributed by atoms with Gasteiger partial charge in [0.25, 0.3) is 0 Å². The zero-order valence-electron chi connectivity index (χ0n) is 13.5. The molecule has 1 aliphatic rings. The van der Waals surface area contributed by atoms with Crippen LogP contribution in [0.3, 0.4) is 0 Å². The van der Waals surface area contributed by atoms with Crippen molar-refractivity contribution in [2.24, 2.45) is 5.92 Å². The van der Waals surface area contributed by atoms with Gasteiger partial charge in [-0.15, -0.1) is 0 Å². The lowest BCUT2D eigenvalue weighted by Gasteiger charge is -2.28. The second-order valence-electron chi connectivity index (χ2n) is 5.23. The molecule has 0 N–H and O–H groups in total.